The molecule has 6 nitrogen and oxygen atoms in total. The van der Waals surface area contributed by atoms with E-state index >= 15 is 0 Å². The molecule has 1 fully saturated rings. The first-order valence-electron chi connectivity index (χ1n) is 4.24. The lowest BCUT2D eigenvalue weighted by Crippen LogP contribution is -2.47. The number of primary amides is 1. The SMILES string of the molecule is CC(NC(=O)C1(C(=O)O)CC1)C(N)=O. The minimum Gasteiger partial charge on any atom is -0.480 e. The van der Waals surface area contributed by atoms with Crippen molar-refractivity contribution >= 4 is 17.8 Å². The molecule has 1 aliphatic rings. The second-order valence-electron chi connectivity index (χ2n) is 3.48. The molecule has 14 heavy (non-hydrogen) atoms. The van der Waals surface area contributed by atoms with Gasteiger partial charge < -0.3 is 16.2 Å². The molecular weight excluding hydrogens is 188 g/mol. The zero-order chi connectivity index (χ0) is 10.9. The summed E-state index contributed by atoms with van der Waals surface area (Å²) in [5.74, 6) is -2.46. The van der Waals surface area contributed by atoms with Crippen molar-refractivity contribution in [2.24, 2.45) is 11.1 Å². The van der Waals surface area contributed by atoms with Gasteiger partial charge in [0.2, 0.25) is 11.8 Å². The van der Waals surface area contributed by atoms with E-state index in [9.17, 15) is 14.4 Å². The highest BCUT2D eigenvalue weighted by Gasteiger charge is 2.57. The van der Waals surface area contributed by atoms with E-state index in [1.54, 1.807) is 0 Å². The minimum atomic E-state index is -1.32. The summed E-state index contributed by atoms with van der Waals surface area (Å²) in [7, 11) is 0. The molecule has 0 radical (unpaired) electrons. The molecule has 1 unspecified atom stereocenters. The highest BCUT2D eigenvalue weighted by Crippen LogP contribution is 2.46. The molecule has 0 heterocycles. The monoisotopic (exact) mass is 200 g/mol. The van der Waals surface area contributed by atoms with Crippen molar-refractivity contribution < 1.29 is 19.5 Å². The van der Waals surface area contributed by atoms with Gasteiger partial charge in [0.25, 0.3) is 0 Å². The zero-order valence-electron chi connectivity index (χ0n) is 7.74. The van der Waals surface area contributed by atoms with Crippen LogP contribution in [0.4, 0.5) is 0 Å². The molecule has 1 atom stereocenters. The lowest BCUT2D eigenvalue weighted by molar-refractivity contribution is -0.149. The molecule has 0 saturated heterocycles. The number of hydrogen-bond donors (Lipinski definition) is 3. The smallest absolute Gasteiger partial charge is 0.319 e. The van der Waals surface area contributed by atoms with E-state index in [4.69, 9.17) is 10.8 Å². The first-order chi connectivity index (χ1) is 6.40. The van der Waals surface area contributed by atoms with Crippen LogP contribution in [0.2, 0.25) is 0 Å². The van der Waals surface area contributed by atoms with Gasteiger partial charge in [-0.2, -0.15) is 0 Å². The Bertz CT molecular complexity index is 296. The van der Waals surface area contributed by atoms with Crippen molar-refractivity contribution in [1.82, 2.24) is 5.32 Å². The predicted octanol–water partition coefficient (Wildman–Crippen LogP) is -1.16. The third kappa shape index (κ3) is 1.68. The summed E-state index contributed by atoms with van der Waals surface area (Å²) >= 11 is 0. The highest BCUT2D eigenvalue weighted by molar-refractivity contribution is 6.05. The van der Waals surface area contributed by atoms with Crippen molar-refractivity contribution in [1.29, 1.82) is 0 Å². The molecule has 1 aliphatic carbocycles. The Morgan fingerprint density at radius 3 is 2.21 bits per heavy atom. The van der Waals surface area contributed by atoms with E-state index in [0.29, 0.717) is 12.8 Å². The molecule has 0 aromatic rings. The lowest BCUT2D eigenvalue weighted by atomic mass is 10.1. The second kappa shape index (κ2) is 3.28. The van der Waals surface area contributed by atoms with Gasteiger partial charge in [-0.05, 0) is 19.8 Å². The first kappa shape index (κ1) is 10.5. The number of carbonyl (C=O) groups is 3. The Labute approximate surface area is 80.5 Å². The minimum absolute atomic E-state index is 0.319. The summed E-state index contributed by atoms with van der Waals surface area (Å²) in [6.45, 7) is 1.41. The molecule has 6 heteroatoms. The quantitative estimate of drug-likeness (QED) is 0.497. The maximum atomic E-state index is 11.4. The molecular formula is C8H12N2O4. The summed E-state index contributed by atoms with van der Waals surface area (Å²) in [5.41, 5.74) is 3.61. The van der Waals surface area contributed by atoms with Crippen LogP contribution in [0.5, 0.6) is 0 Å². The zero-order valence-corrected chi connectivity index (χ0v) is 7.74. The van der Waals surface area contributed by atoms with E-state index in [2.05, 4.69) is 5.32 Å². The fraction of sp³-hybridized carbons (Fsp3) is 0.625. The number of amides is 2. The van der Waals surface area contributed by atoms with Crippen LogP contribution in [0.3, 0.4) is 0 Å². The molecule has 4 N–H and O–H groups in total. The Morgan fingerprint density at radius 1 is 1.43 bits per heavy atom. The van der Waals surface area contributed by atoms with Crippen molar-refractivity contribution in [3.05, 3.63) is 0 Å². The summed E-state index contributed by atoms with van der Waals surface area (Å²) in [4.78, 5) is 32.7. The third-order valence-electron chi connectivity index (χ3n) is 2.37. The topological polar surface area (TPSA) is 109 Å². The van der Waals surface area contributed by atoms with Gasteiger partial charge in [0.15, 0.2) is 0 Å². The molecule has 2 amide bonds. The van der Waals surface area contributed by atoms with Gasteiger partial charge in [-0.1, -0.05) is 0 Å². The van der Waals surface area contributed by atoms with E-state index in [1.165, 1.54) is 6.92 Å². The number of nitrogens with two attached hydrogens (primary N) is 1. The van der Waals surface area contributed by atoms with Crippen LogP contribution in [0.25, 0.3) is 0 Å². The maximum Gasteiger partial charge on any atom is 0.319 e. The normalized spacial score (nSPS) is 19.5. The molecule has 1 rings (SSSR count). The van der Waals surface area contributed by atoms with Crippen LogP contribution >= 0.6 is 0 Å². The molecule has 0 bridgehead atoms. The van der Waals surface area contributed by atoms with Crippen LogP contribution in [-0.2, 0) is 14.4 Å². The number of aliphatic carboxylic acids is 1. The van der Waals surface area contributed by atoms with Crippen molar-refractivity contribution in [2.75, 3.05) is 0 Å². The molecule has 1 saturated carbocycles. The number of hydrogen-bond acceptors (Lipinski definition) is 3. The van der Waals surface area contributed by atoms with Crippen LogP contribution in [0.1, 0.15) is 19.8 Å². The van der Waals surface area contributed by atoms with E-state index in [0.717, 1.165) is 0 Å². The average Bonchev–Trinajstić information content (AvgIpc) is 2.83. The fourth-order valence-electron chi connectivity index (χ4n) is 1.07. The maximum absolute atomic E-state index is 11.4. The number of nitrogens with one attached hydrogen (secondary N) is 1. The van der Waals surface area contributed by atoms with Crippen molar-refractivity contribution in [3.8, 4) is 0 Å². The van der Waals surface area contributed by atoms with Gasteiger partial charge >= 0.3 is 5.97 Å². The Kier molecular flexibility index (Phi) is 2.46. The van der Waals surface area contributed by atoms with Crippen LogP contribution < -0.4 is 11.1 Å². The van der Waals surface area contributed by atoms with Crippen LogP contribution in [0, 0.1) is 5.41 Å². The molecule has 0 aromatic heterocycles. The first-order valence-corrected chi connectivity index (χ1v) is 4.24. The van der Waals surface area contributed by atoms with E-state index < -0.39 is 29.2 Å². The van der Waals surface area contributed by atoms with E-state index in [-0.39, 0.29) is 0 Å². The van der Waals surface area contributed by atoms with Gasteiger partial charge in [-0.3, -0.25) is 14.4 Å². The molecule has 0 aliphatic heterocycles. The van der Waals surface area contributed by atoms with E-state index in [1.807, 2.05) is 0 Å². The van der Waals surface area contributed by atoms with Crippen LogP contribution in [0.15, 0.2) is 0 Å². The number of carbonyl (C=O) groups excluding carboxylic acids is 2. The van der Waals surface area contributed by atoms with Crippen LogP contribution in [-0.4, -0.2) is 28.9 Å². The highest BCUT2D eigenvalue weighted by atomic mass is 16.4. The second-order valence-corrected chi connectivity index (χ2v) is 3.48. The summed E-state index contributed by atoms with van der Waals surface area (Å²) in [6.07, 6.45) is 0.638. The van der Waals surface area contributed by atoms with Gasteiger partial charge in [0.05, 0.1) is 0 Å². The average molecular weight is 200 g/mol. The fourth-order valence-corrected chi connectivity index (χ4v) is 1.07. The number of rotatable bonds is 4. The Morgan fingerprint density at radius 2 is 1.93 bits per heavy atom. The standard InChI is InChI=1S/C8H12N2O4/c1-4(5(9)11)10-6(12)8(2-3-8)7(13)14/h4H,2-3H2,1H3,(H2,9,11)(H,10,12)(H,13,14). The molecule has 78 valence electrons. The lowest BCUT2D eigenvalue weighted by Gasteiger charge is -2.14. The summed E-state index contributed by atoms with van der Waals surface area (Å²) in [6, 6.07) is -0.834. The van der Waals surface area contributed by atoms with Crippen molar-refractivity contribution in [3.63, 3.8) is 0 Å². The Hall–Kier alpha value is -1.59. The van der Waals surface area contributed by atoms with Crippen molar-refractivity contribution in [2.45, 2.75) is 25.8 Å². The molecule has 0 spiro atoms. The summed E-state index contributed by atoms with van der Waals surface area (Å²) < 4.78 is 0. The van der Waals surface area contributed by atoms with Gasteiger partial charge in [-0.15, -0.1) is 0 Å². The van der Waals surface area contributed by atoms with Gasteiger partial charge in [0.1, 0.15) is 11.5 Å². The number of carboxylic acid groups (broad SMARTS) is 1. The largest absolute Gasteiger partial charge is 0.480 e. The summed E-state index contributed by atoms with van der Waals surface area (Å²) in [5, 5.41) is 11.0. The predicted molar refractivity (Wildman–Crippen MR) is 46.1 cm³/mol. The van der Waals surface area contributed by atoms with Gasteiger partial charge in [-0.25, -0.2) is 0 Å². The third-order valence-corrected chi connectivity index (χ3v) is 2.37. The van der Waals surface area contributed by atoms with Gasteiger partial charge in [0, 0.05) is 0 Å². The molecule has 0 aromatic carbocycles. The Balaban J connectivity index is 2.59. The number of carboxylic acids is 1.